The molecule has 3 fully saturated rings. The van der Waals surface area contributed by atoms with Gasteiger partial charge in [0.1, 0.15) is 6.23 Å². The van der Waals surface area contributed by atoms with Crippen molar-refractivity contribution in [3.63, 3.8) is 0 Å². The van der Waals surface area contributed by atoms with Gasteiger partial charge in [-0.05, 0) is 75.1 Å². The number of carbonyl (C=O) groups is 1. The van der Waals surface area contributed by atoms with E-state index in [0.717, 1.165) is 18.5 Å². The van der Waals surface area contributed by atoms with Crippen LogP contribution >= 0.6 is 0 Å². The minimum atomic E-state index is -0.890. The summed E-state index contributed by atoms with van der Waals surface area (Å²) < 4.78 is 14.3. The summed E-state index contributed by atoms with van der Waals surface area (Å²) in [5.74, 6) is 0.117. The van der Waals surface area contributed by atoms with Gasteiger partial charge >= 0.3 is 0 Å². The van der Waals surface area contributed by atoms with Crippen LogP contribution < -0.4 is 5.32 Å². The maximum atomic E-state index is 14.3. The zero-order chi connectivity index (χ0) is 24.9. The lowest BCUT2D eigenvalue weighted by atomic mass is 9.87. The number of hydrogen-bond acceptors (Lipinski definition) is 6. The largest absolute Gasteiger partial charge is 0.372 e. The molecule has 188 valence electrons. The Morgan fingerprint density at radius 2 is 2.14 bits per heavy atom. The van der Waals surface area contributed by atoms with Gasteiger partial charge in [-0.3, -0.25) is 24.8 Å². The molecular formula is C27H31FN6O2. The van der Waals surface area contributed by atoms with E-state index in [9.17, 15) is 14.3 Å². The quantitative estimate of drug-likeness (QED) is 0.466. The highest BCUT2D eigenvalue weighted by Gasteiger charge is 2.54. The molecular weight excluding hydrogens is 459 g/mol. The van der Waals surface area contributed by atoms with Gasteiger partial charge in [0.15, 0.2) is 5.82 Å². The number of amides is 1. The molecule has 1 amide bonds. The Kier molecular flexibility index (Phi) is 5.84. The molecule has 1 spiro atoms. The monoisotopic (exact) mass is 490 g/mol. The number of nitrogens with one attached hydrogen (secondary N) is 2. The van der Waals surface area contributed by atoms with Crippen LogP contribution in [0.15, 0.2) is 36.7 Å². The molecule has 9 heteroatoms. The number of hydrogen-bond donors (Lipinski definition) is 3. The molecule has 4 heterocycles. The number of aryl methyl sites for hydroxylation is 1. The Labute approximate surface area is 209 Å². The number of carbonyl (C=O) groups excluding carboxylic acids is 1. The normalized spacial score (nSPS) is 21.9. The van der Waals surface area contributed by atoms with E-state index < -0.39 is 12.0 Å². The van der Waals surface area contributed by atoms with Gasteiger partial charge in [0.05, 0.1) is 29.8 Å². The molecule has 0 aromatic carbocycles. The van der Waals surface area contributed by atoms with E-state index in [2.05, 4.69) is 36.4 Å². The van der Waals surface area contributed by atoms with Gasteiger partial charge in [-0.25, -0.2) is 4.39 Å². The van der Waals surface area contributed by atoms with E-state index in [-0.39, 0.29) is 17.4 Å². The summed E-state index contributed by atoms with van der Waals surface area (Å²) in [6.07, 6.45) is 7.75. The second-order valence-corrected chi connectivity index (χ2v) is 10.5. The number of halogens is 1. The number of aromatic amines is 1. The first-order valence-electron chi connectivity index (χ1n) is 12.8. The summed E-state index contributed by atoms with van der Waals surface area (Å²) in [7, 11) is 0. The molecule has 2 saturated carbocycles. The van der Waals surface area contributed by atoms with Crippen molar-refractivity contribution in [3.05, 3.63) is 65.1 Å². The molecule has 6 rings (SSSR count). The third-order valence-corrected chi connectivity index (χ3v) is 7.96. The predicted molar refractivity (Wildman–Crippen MR) is 131 cm³/mol. The standard InChI is InChI=1S/C27H31FN6O2/c1-16-11-20(21(28)14-30-16)22-12-23(33-32-22)26(36)34-10-6-18(13-27(34)7-8-27)25(35)31-15-24-19(17-4-5-17)3-2-9-29-24/h2-3,9,11-12,14,17-18,26,36H,4-8,10,13,15H2,1H3,(H,31,35)(H,32,33)/t18-,26?/m1/s1. The maximum absolute atomic E-state index is 14.3. The number of nitrogens with zero attached hydrogens (tertiary/aromatic N) is 4. The van der Waals surface area contributed by atoms with Gasteiger partial charge < -0.3 is 10.4 Å². The number of rotatable bonds is 7. The van der Waals surface area contributed by atoms with E-state index in [0.29, 0.717) is 54.5 Å². The van der Waals surface area contributed by atoms with Crippen molar-refractivity contribution in [3.8, 4) is 11.3 Å². The van der Waals surface area contributed by atoms with Crippen molar-refractivity contribution in [1.82, 2.24) is 30.4 Å². The van der Waals surface area contributed by atoms with Crippen LogP contribution in [0.3, 0.4) is 0 Å². The Balaban J connectivity index is 1.10. The maximum Gasteiger partial charge on any atom is 0.223 e. The molecule has 1 saturated heterocycles. The number of aromatic nitrogens is 4. The molecule has 0 bridgehead atoms. The molecule has 36 heavy (non-hydrogen) atoms. The smallest absolute Gasteiger partial charge is 0.223 e. The van der Waals surface area contributed by atoms with Crippen LogP contribution in [0, 0.1) is 18.7 Å². The number of aliphatic hydroxyl groups excluding tert-OH is 1. The number of aliphatic hydroxyl groups is 1. The first-order chi connectivity index (χ1) is 17.4. The SMILES string of the molecule is Cc1cc(-c2cc(C(O)N3CC[C@@H](C(=O)NCc4ncccc4C4CC4)CC34CC4)[nH]n2)c(F)cn1. The van der Waals surface area contributed by atoms with Gasteiger partial charge in [-0.1, -0.05) is 6.07 Å². The van der Waals surface area contributed by atoms with Crippen LogP contribution in [0.4, 0.5) is 4.39 Å². The predicted octanol–water partition coefficient (Wildman–Crippen LogP) is 3.74. The Morgan fingerprint density at radius 1 is 1.31 bits per heavy atom. The van der Waals surface area contributed by atoms with Crippen LogP contribution in [0.25, 0.3) is 11.3 Å². The van der Waals surface area contributed by atoms with Crippen LogP contribution in [0.1, 0.15) is 73.3 Å². The highest BCUT2D eigenvalue weighted by atomic mass is 19.1. The molecule has 3 aromatic rings. The fourth-order valence-corrected chi connectivity index (χ4v) is 5.64. The van der Waals surface area contributed by atoms with Gasteiger partial charge in [0.25, 0.3) is 0 Å². The third kappa shape index (κ3) is 4.41. The third-order valence-electron chi connectivity index (χ3n) is 7.96. The summed E-state index contributed by atoms with van der Waals surface area (Å²) >= 11 is 0. The molecule has 1 unspecified atom stereocenters. The van der Waals surface area contributed by atoms with Crippen molar-refractivity contribution in [2.45, 2.75) is 69.7 Å². The van der Waals surface area contributed by atoms with Gasteiger partial charge in [0.2, 0.25) is 5.91 Å². The van der Waals surface area contributed by atoms with E-state index in [1.54, 1.807) is 25.3 Å². The second-order valence-electron chi connectivity index (χ2n) is 10.5. The first-order valence-corrected chi connectivity index (χ1v) is 12.8. The first kappa shape index (κ1) is 23.2. The van der Waals surface area contributed by atoms with Crippen molar-refractivity contribution in [2.75, 3.05) is 6.54 Å². The number of likely N-dealkylation sites (tertiary alicyclic amines) is 1. The lowest BCUT2D eigenvalue weighted by Gasteiger charge is -2.41. The molecule has 2 aliphatic carbocycles. The van der Waals surface area contributed by atoms with E-state index >= 15 is 0 Å². The highest BCUT2D eigenvalue weighted by Crippen LogP contribution is 2.52. The second kappa shape index (κ2) is 9.05. The minimum Gasteiger partial charge on any atom is -0.372 e. The van der Waals surface area contributed by atoms with E-state index in [1.165, 1.54) is 24.6 Å². The summed E-state index contributed by atoms with van der Waals surface area (Å²) in [6.45, 7) is 2.86. The number of H-pyrrole nitrogens is 1. The van der Waals surface area contributed by atoms with Gasteiger partial charge in [-0.15, -0.1) is 0 Å². The summed E-state index contributed by atoms with van der Waals surface area (Å²) in [5.41, 5.74) is 4.05. The van der Waals surface area contributed by atoms with Crippen LogP contribution in [-0.2, 0) is 11.3 Å². The lowest BCUT2D eigenvalue weighted by molar-refractivity contribution is -0.131. The molecule has 1 aliphatic heterocycles. The zero-order valence-corrected chi connectivity index (χ0v) is 20.4. The number of piperidine rings is 1. The average Bonchev–Trinajstić information content (AvgIpc) is 3.82. The molecule has 0 radical (unpaired) electrons. The van der Waals surface area contributed by atoms with Crippen LogP contribution in [0.5, 0.6) is 0 Å². The lowest BCUT2D eigenvalue weighted by Crippen LogP contribution is -2.49. The van der Waals surface area contributed by atoms with Gasteiger partial charge in [0, 0.05) is 35.5 Å². The highest BCUT2D eigenvalue weighted by molar-refractivity contribution is 5.79. The van der Waals surface area contributed by atoms with Gasteiger partial charge in [-0.2, -0.15) is 5.10 Å². The molecule has 8 nitrogen and oxygen atoms in total. The van der Waals surface area contributed by atoms with E-state index in [1.807, 2.05) is 6.07 Å². The van der Waals surface area contributed by atoms with Crippen molar-refractivity contribution < 1.29 is 14.3 Å². The summed E-state index contributed by atoms with van der Waals surface area (Å²) in [4.78, 5) is 23.6. The average molecular weight is 491 g/mol. The van der Waals surface area contributed by atoms with Crippen LogP contribution in [0.2, 0.25) is 0 Å². The molecule has 3 N–H and O–H groups in total. The van der Waals surface area contributed by atoms with Crippen molar-refractivity contribution in [1.29, 1.82) is 0 Å². The fraction of sp³-hybridized carbons (Fsp3) is 0.481. The van der Waals surface area contributed by atoms with Crippen LogP contribution in [-0.4, -0.2) is 48.2 Å². The molecule has 3 aromatic heterocycles. The van der Waals surface area contributed by atoms with Crippen molar-refractivity contribution >= 4 is 5.91 Å². The molecule has 2 atom stereocenters. The Hall–Kier alpha value is -3.17. The summed E-state index contributed by atoms with van der Waals surface area (Å²) in [6, 6.07) is 7.43. The Morgan fingerprint density at radius 3 is 2.92 bits per heavy atom. The fourth-order valence-electron chi connectivity index (χ4n) is 5.64. The zero-order valence-electron chi connectivity index (χ0n) is 20.4. The number of pyridine rings is 2. The topological polar surface area (TPSA) is 107 Å². The summed E-state index contributed by atoms with van der Waals surface area (Å²) in [5, 5.41) is 21.5. The minimum absolute atomic E-state index is 0.0650. The van der Waals surface area contributed by atoms with E-state index in [4.69, 9.17) is 0 Å². The molecule has 3 aliphatic rings. The Bertz CT molecular complexity index is 1280. The van der Waals surface area contributed by atoms with Crippen molar-refractivity contribution in [2.24, 2.45) is 5.92 Å².